The quantitative estimate of drug-likeness (QED) is 0.491. The molecular formula is C15H42Si3. The average Bonchev–Trinajstić information content (AvgIpc) is 2.16. The Bertz CT molecular complexity index is 134. The standard InChI is InChI=1S/3C5H14Si/c3*1-5-6(2,3)4/h3*5H2,1-4H3. The zero-order valence-electron chi connectivity index (χ0n) is 15.6. The number of hydrogen-bond acceptors (Lipinski definition) is 0. The first-order valence-corrected chi connectivity index (χ1v) is 18.8. The molecule has 0 aliphatic carbocycles. The van der Waals surface area contributed by atoms with Gasteiger partial charge < -0.3 is 0 Å². The van der Waals surface area contributed by atoms with E-state index in [-0.39, 0.29) is 0 Å². The van der Waals surface area contributed by atoms with Crippen LogP contribution in [0.4, 0.5) is 0 Å². The van der Waals surface area contributed by atoms with Gasteiger partial charge in [-0.15, -0.1) is 0 Å². The summed E-state index contributed by atoms with van der Waals surface area (Å²) in [6.07, 6.45) is 0. The molecule has 0 aromatic carbocycles. The lowest BCUT2D eigenvalue weighted by Crippen LogP contribution is -2.16. The van der Waals surface area contributed by atoms with Crippen LogP contribution in [0.1, 0.15) is 20.8 Å². The Morgan fingerprint density at radius 3 is 0.444 bits per heavy atom. The predicted molar refractivity (Wildman–Crippen MR) is 101 cm³/mol. The van der Waals surface area contributed by atoms with Crippen LogP contribution in [-0.2, 0) is 0 Å². The van der Waals surface area contributed by atoms with Gasteiger partial charge in [-0.25, -0.2) is 0 Å². The molecule has 0 amide bonds. The smallest absolute Gasteiger partial charge is 0.0439 e. The Balaban J connectivity index is -0.000000187. The van der Waals surface area contributed by atoms with E-state index in [0.717, 1.165) is 0 Å². The first-order valence-electron chi connectivity index (χ1n) is 7.68. The van der Waals surface area contributed by atoms with Crippen LogP contribution in [0.25, 0.3) is 0 Å². The van der Waals surface area contributed by atoms with Crippen LogP contribution in [-0.4, -0.2) is 24.2 Å². The van der Waals surface area contributed by atoms with Crippen molar-refractivity contribution in [1.29, 1.82) is 0 Å². The van der Waals surface area contributed by atoms with Gasteiger partial charge in [-0.05, 0) is 0 Å². The van der Waals surface area contributed by atoms with E-state index in [0.29, 0.717) is 0 Å². The van der Waals surface area contributed by atoms with E-state index in [1.807, 2.05) is 0 Å². The number of rotatable bonds is 3. The lowest BCUT2D eigenvalue weighted by Gasteiger charge is -2.09. The highest BCUT2D eigenvalue weighted by Crippen LogP contribution is 2.05. The molecule has 0 rings (SSSR count). The van der Waals surface area contributed by atoms with Crippen LogP contribution in [0.15, 0.2) is 0 Å². The van der Waals surface area contributed by atoms with E-state index in [2.05, 4.69) is 79.7 Å². The molecule has 0 fully saturated rings. The largest absolute Gasteiger partial charge is 0.0696 e. The summed E-state index contributed by atoms with van der Waals surface area (Å²) in [7, 11) is -1.89. The van der Waals surface area contributed by atoms with Crippen molar-refractivity contribution < 1.29 is 0 Å². The van der Waals surface area contributed by atoms with Crippen LogP contribution < -0.4 is 0 Å². The van der Waals surface area contributed by atoms with Gasteiger partial charge in [0.2, 0.25) is 0 Å². The number of hydrogen-bond donors (Lipinski definition) is 0. The molecule has 0 nitrogen and oxygen atoms in total. The maximum Gasteiger partial charge on any atom is 0.0439 e. The van der Waals surface area contributed by atoms with Gasteiger partial charge in [-0.2, -0.15) is 0 Å². The van der Waals surface area contributed by atoms with Crippen molar-refractivity contribution in [2.24, 2.45) is 0 Å². The van der Waals surface area contributed by atoms with Gasteiger partial charge in [-0.1, -0.05) is 97.8 Å². The van der Waals surface area contributed by atoms with Gasteiger partial charge in [0.1, 0.15) is 0 Å². The molecule has 0 unspecified atom stereocenters. The molecule has 0 aliphatic heterocycles. The van der Waals surface area contributed by atoms with Crippen LogP contribution in [0, 0.1) is 0 Å². The molecule has 18 heavy (non-hydrogen) atoms. The van der Waals surface area contributed by atoms with E-state index in [1.165, 1.54) is 18.1 Å². The van der Waals surface area contributed by atoms with Gasteiger partial charge >= 0.3 is 0 Å². The summed E-state index contributed by atoms with van der Waals surface area (Å²) in [5, 5.41) is 0. The van der Waals surface area contributed by atoms with Crippen molar-refractivity contribution in [3.05, 3.63) is 0 Å². The Morgan fingerprint density at radius 2 is 0.444 bits per heavy atom. The second-order valence-corrected chi connectivity index (χ2v) is 26.2. The first-order chi connectivity index (χ1) is 7.68. The molecule has 0 saturated carbocycles. The Hall–Kier alpha value is 0.651. The fraction of sp³-hybridized carbons (Fsp3) is 1.00. The SMILES string of the molecule is CC[Si](C)(C)C.CC[Si](C)(C)C.CC[Si](C)(C)C. The Morgan fingerprint density at radius 1 is 0.389 bits per heavy atom. The molecule has 0 spiro atoms. The zero-order chi connectivity index (χ0) is 15.6. The summed E-state index contributed by atoms with van der Waals surface area (Å²) >= 11 is 0. The van der Waals surface area contributed by atoms with Gasteiger partial charge in [0.05, 0.1) is 0 Å². The Labute approximate surface area is 122 Å². The molecule has 0 aromatic rings. The van der Waals surface area contributed by atoms with Crippen molar-refractivity contribution >= 4 is 24.2 Å². The third kappa shape index (κ3) is 43.8. The van der Waals surface area contributed by atoms with E-state index < -0.39 is 24.2 Å². The van der Waals surface area contributed by atoms with Crippen molar-refractivity contribution in [3.63, 3.8) is 0 Å². The molecule has 0 atom stereocenters. The minimum Gasteiger partial charge on any atom is -0.0696 e. The van der Waals surface area contributed by atoms with Crippen LogP contribution in [0.3, 0.4) is 0 Å². The highest BCUT2D eigenvalue weighted by molar-refractivity contribution is 6.76. The molecule has 0 aliphatic rings. The van der Waals surface area contributed by atoms with Gasteiger partial charge in [0.15, 0.2) is 0 Å². The average molecular weight is 307 g/mol. The van der Waals surface area contributed by atoms with Crippen molar-refractivity contribution in [3.8, 4) is 0 Å². The highest BCUT2D eigenvalue weighted by atomic mass is 28.3. The summed E-state index contributed by atoms with van der Waals surface area (Å²) in [4.78, 5) is 0. The maximum absolute atomic E-state index is 2.38. The topological polar surface area (TPSA) is 0 Å². The van der Waals surface area contributed by atoms with E-state index in [1.54, 1.807) is 0 Å². The summed E-state index contributed by atoms with van der Waals surface area (Å²) < 4.78 is 0. The van der Waals surface area contributed by atoms with Crippen molar-refractivity contribution in [2.75, 3.05) is 0 Å². The molecule has 114 valence electrons. The molecule has 0 saturated heterocycles. The highest BCUT2D eigenvalue weighted by Gasteiger charge is 2.07. The summed E-state index contributed by atoms with van der Waals surface area (Å²) in [5.41, 5.74) is 0. The summed E-state index contributed by atoms with van der Waals surface area (Å²) in [5.74, 6) is 0. The lowest BCUT2D eigenvalue weighted by atomic mass is 11.0. The predicted octanol–water partition coefficient (Wildman–Crippen LogP) is 7.03. The van der Waals surface area contributed by atoms with Crippen LogP contribution in [0.5, 0.6) is 0 Å². The van der Waals surface area contributed by atoms with E-state index >= 15 is 0 Å². The monoisotopic (exact) mass is 306 g/mol. The van der Waals surface area contributed by atoms with E-state index in [9.17, 15) is 0 Å². The summed E-state index contributed by atoms with van der Waals surface area (Å²) in [6.45, 7) is 28.2. The van der Waals surface area contributed by atoms with Crippen LogP contribution in [0.2, 0.25) is 77.1 Å². The summed E-state index contributed by atoms with van der Waals surface area (Å²) in [6, 6.07) is 4.23. The van der Waals surface area contributed by atoms with Gasteiger partial charge in [0, 0.05) is 24.2 Å². The minimum absolute atomic E-state index is 0.631. The van der Waals surface area contributed by atoms with Gasteiger partial charge in [-0.3, -0.25) is 0 Å². The second kappa shape index (κ2) is 10.4. The lowest BCUT2D eigenvalue weighted by molar-refractivity contribution is 1.36. The zero-order valence-corrected chi connectivity index (χ0v) is 18.6. The fourth-order valence-electron chi connectivity index (χ4n) is 0. The fourth-order valence-corrected chi connectivity index (χ4v) is 0. The molecular weight excluding hydrogens is 264 g/mol. The van der Waals surface area contributed by atoms with Crippen molar-refractivity contribution in [2.45, 2.75) is 97.8 Å². The molecule has 0 heterocycles. The molecule has 0 bridgehead atoms. The third-order valence-electron chi connectivity index (χ3n) is 3.18. The Kier molecular flexibility index (Phi) is 13.8. The van der Waals surface area contributed by atoms with E-state index in [4.69, 9.17) is 0 Å². The third-order valence-corrected chi connectivity index (χ3v) is 9.55. The van der Waals surface area contributed by atoms with Crippen molar-refractivity contribution in [1.82, 2.24) is 0 Å². The van der Waals surface area contributed by atoms with Crippen LogP contribution >= 0.6 is 0 Å². The first kappa shape index (κ1) is 23.7. The molecule has 0 aromatic heterocycles. The maximum atomic E-state index is 2.38. The normalized spacial score (nSPS) is 12.0. The second-order valence-electron chi connectivity index (χ2n) is 8.74. The molecule has 3 heteroatoms. The van der Waals surface area contributed by atoms with Gasteiger partial charge in [0.25, 0.3) is 0 Å². The molecule has 0 N–H and O–H groups in total. The molecule has 0 radical (unpaired) electrons. The minimum atomic E-state index is -0.631.